The summed E-state index contributed by atoms with van der Waals surface area (Å²) in [6.07, 6.45) is 1.08. The van der Waals surface area contributed by atoms with Crippen molar-refractivity contribution in [3.8, 4) is 10.6 Å². The van der Waals surface area contributed by atoms with E-state index in [4.69, 9.17) is 0 Å². The van der Waals surface area contributed by atoms with Gasteiger partial charge in [-0.05, 0) is 26.0 Å². The zero-order valence-corrected chi connectivity index (χ0v) is 11.3. The Morgan fingerprint density at radius 1 is 1.29 bits per heavy atom. The highest BCUT2D eigenvalue weighted by Gasteiger charge is 2.09. The molecule has 0 aliphatic heterocycles. The van der Waals surface area contributed by atoms with Crippen molar-refractivity contribution in [2.75, 3.05) is 7.05 Å². The lowest BCUT2D eigenvalue weighted by Crippen LogP contribution is -2.12. The molecule has 2 rings (SSSR count). The second-order valence-electron chi connectivity index (χ2n) is 4.14. The summed E-state index contributed by atoms with van der Waals surface area (Å²) in [5.74, 6) is 0. The molecular weight excluding hydrogens is 228 g/mol. The maximum absolute atomic E-state index is 4.66. The van der Waals surface area contributed by atoms with Gasteiger partial charge in [0, 0.05) is 17.0 Å². The van der Waals surface area contributed by atoms with E-state index in [0.29, 0.717) is 6.04 Å². The lowest BCUT2D eigenvalue weighted by atomic mass is 10.1. The van der Waals surface area contributed by atoms with E-state index in [1.54, 1.807) is 11.3 Å². The number of aromatic nitrogens is 1. The van der Waals surface area contributed by atoms with E-state index in [-0.39, 0.29) is 0 Å². The van der Waals surface area contributed by atoms with Crippen molar-refractivity contribution in [3.05, 3.63) is 40.9 Å². The SMILES string of the molecule is CCc1ccc(-c2nc(C(C)NC)cs2)cc1. The van der Waals surface area contributed by atoms with Gasteiger partial charge in [0.25, 0.3) is 0 Å². The standard InChI is InChI=1S/C14H18N2S/c1-4-11-5-7-12(8-6-11)14-16-13(9-17-14)10(2)15-3/h5-10,15H,4H2,1-3H3. The molecule has 0 aliphatic rings. The molecule has 0 saturated carbocycles. The molecule has 2 nitrogen and oxygen atoms in total. The normalized spacial score (nSPS) is 12.6. The Morgan fingerprint density at radius 3 is 2.59 bits per heavy atom. The summed E-state index contributed by atoms with van der Waals surface area (Å²) in [5.41, 5.74) is 3.70. The van der Waals surface area contributed by atoms with Gasteiger partial charge in [-0.25, -0.2) is 4.98 Å². The summed E-state index contributed by atoms with van der Waals surface area (Å²) in [6, 6.07) is 8.99. The van der Waals surface area contributed by atoms with Gasteiger partial charge in [0.1, 0.15) is 5.01 Å². The molecule has 0 amide bonds. The number of thiazole rings is 1. The average molecular weight is 246 g/mol. The van der Waals surface area contributed by atoms with Gasteiger partial charge in [-0.1, -0.05) is 31.2 Å². The molecule has 1 aromatic carbocycles. The van der Waals surface area contributed by atoms with Gasteiger partial charge < -0.3 is 5.32 Å². The number of hydrogen-bond donors (Lipinski definition) is 1. The topological polar surface area (TPSA) is 24.9 Å². The van der Waals surface area contributed by atoms with Crippen LogP contribution in [0.25, 0.3) is 10.6 Å². The van der Waals surface area contributed by atoms with Crippen LogP contribution >= 0.6 is 11.3 Å². The third-order valence-electron chi connectivity index (χ3n) is 3.01. The summed E-state index contributed by atoms with van der Waals surface area (Å²) in [6.45, 7) is 4.30. The van der Waals surface area contributed by atoms with E-state index in [1.165, 1.54) is 11.1 Å². The molecule has 0 bridgehead atoms. The predicted octanol–water partition coefficient (Wildman–Crippen LogP) is 3.65. The first-order valence-electron chi connectivity index (χ1n) is 5.96. The van der Waals surface area contributed by atoms with Crippen LogP contribution in [-0.4, -0.2) is 12.0 Å². The van der Waals surface area contributed by atoms with Crippen molar-refractivity contribution in [1.82, 2.24) is 10.3 Å². The van der Waals surface area contributed by atoms with Crippen molar-refractivity contribution in [3.63, 3.8) is 0 Å². The van der Waals surface area contributed by atoms with Crippen molar-refractivity contribution in [1.29, 1.82) is 0 Å². The molecule has 1 aromatic heterocycles. The van der Waals surface area contributed by atoms with Gasteiger partial charge in [0.2, 0.25) is 0 Å². The molecule has 1 atom stereocenters. The van der Waals surface area contributed by atoms with Gasteiger partial charge in [0.05, 0.1) is 5.69 Å². The molecule has 1 unspecified atom stereocenters. The Balaban J connectivity index is 2.24. The van der Waals surface area contributed by atoms with E-state index in [2.05, 4.69) is 53.8 Å². The minimum Gasteiger partial charge on any atom is -0.312 e. The Morgan fingerprint density at radius 2 is 2.00 bits per heavy atom. The first-order chi connectivity index (χ1) is 8.24. The molecule has 2 aromatic rings. The monoisotopic (exact) mass is 246 g/mol. The van der Waals surface area contributed by atoms with Crippen LogP contribution in [0.4, 0.5) is 0 Å². The molecule has 3 heteroatoms. The van der Waals surface area contributed by atoms with E-state index < -0.39 is 0 Å². The Labute approximate surface area is 107 Å². The largest absolute Gasteiger partial charge is 0.312 e. The van der Waals surface area contributed by atoms with E-state index >= 15 is 0 Å². The van der Waals surface area contributed by atoms with Crippen molar-refractivity contribution in [2.45, 2.75) is 26.3 Å². The zero-order chi connectivity index (χ0) is 12.3. The predicted molar refractivity (Wildman–Crippen MR) is 74.4 cm³/mol. The fourth-order valence-electron chi connectivity index (χ4n) is 1.65. The minimum absolute atomic E-state index is 0.315. The van der Waals surface area contributed by atoms with Gasteiger partial charge >= 0.3 is 0 Å². The lowest BCUT2D eigenvalue weighted by molar-refractivity contribution is 0.637. The van der Waals surface area contributed by atoms with Crippen LogP contribution in [0.5, 0.6) is 0 Å². The molecule has 0 fully saturated rings. The van der Waals surface area contributed by atoms with Gasteiger partial charge in [-0.2, -0.15) is 0 Å². The lowest BCUT2D eigenvalue weighted by Gasteiger charge is -2.05. The second kappa shape index (κ2) is 5.43. The van der Waals surface area contributed by atoms with Crippen LogP contribution in [-0.2, 0) is 6.42 Å². The number of benzene rings is 1. The summed E-state index contributed by atoms with van der Waals surface area (Å²) in [4.78, 5) is 4.66. The maximum atomic E-state index is 4.66. The van der Waals surface area contributed by atoms with Gasteiger partial charge in [0.15, 0.2) is 0 Å². The van der Waals surface area contributed by atoms with Crippen molar-refractivity contribution in [2.24, 2.45) is 0 Å². The van der Waals surface area contributed by atoms with Crippen LogP contribution in [0, 0.1) is 0 Å². The molecule has 1 N–H and O–H groups in total. The third-order valence-corrected chi connectivity index (χ3v) is 3.92. The minimum atomic E-state index is 0.315. The third kappa shape index (κ3) is 2.73. The fourth-order valence-corrected chi connectivity index (χ4v) is 2.57. The van der Waals surface area contributed by atoms with Crippen LogP contribution in [0.1, 0.15) is 31.1 Å². The highest BCUT2D eigenvalue weighted by molar-refractivity contribution is 7.13. The van der Waals surface area contributed by atoms with Gasteiger partial charge in [-0.3, -0.25) is 0 Å². The Hall–Kier alpha value is -1.19. The molecule has 0 saturated heterocycles. The fraction of sp³-hybridized carbons (Fsp3) is 0.357. The van der Waals surface area contributed by atoms with Crippen LogP contribution in [0.15, 0.2) is 29.6 Å². The van der Waals surface area contributed by atoms with Crippen molar-refractivity contribution >= 4 is 11.3 Å². The highest BCUT2D eigenvalue weighted by atomic mass is 32.1. The molecule has 90 valence electrons. The number of nitrogens with zero attached hydrogens (tertiary/aromatic N) is 1. The maximum Gasteiger partial charge on any atom is 0.123 e. The van der Waals surface area contributed by atoms with Crippen LogP contribution < -0.4 is 5.32 Å². The smallest absolute Gasteiger partial charge is 0.123 e. The van der Waals surface area contributed by atoms with E-state index in [0.717, 1.165) is 17.1 Å². The number of hydrogen-bond acceptors (Lipinski definition) is 3. The van der Waals surface area contributed by atoms with Gasteiger partial charge in [-0.15, -0.1) is 11.3 Å². The van der Waals surface area contributed by atoms with E-state index in [9.17, 15) is 0 Å². The Kier molecular flexibility index (Phi) is 3.92. The van der Waals surface area contributed by atoms with Crippen LogP contribution in [0.3, 0.4) is 0 Å². The molecule has 0 spiro atoms. The van der Waals surface area contributed by atoms with Crippen molar-refractivity contribution < 1.29 is 0 Å². The highest BCUT2D eigenvalue weighted by Crippen LogP contribution is 2.26. The first-order valence-corrected chi connectivity index (χ1v) is 6.84. The quantitative estimate of drug-likeness (QED) is 0.890. The zero-order valence-electron chi connectivity index (χ0n) is 10.5. The van der Waals surface area contributed by atoms with Crippen LogP contribution in [0.2, 0.25) is 0 Å². The van der Waals surface area contributed by atoms with E-state index in [1.807, 2.05) is 7.05 Å². The Bertz CT molecular complexity index is 473. The summed E-state index contributed by atoms with van der Waals surface area (Å²) >= 11 is 1.71. The number of rotatable bonds is 4. The number of aryl methyl sites for hydroxylation is 1. The summed E-state index contributed by atoms with van der Waals surface area (Å²) in [5, 5.41) is 6.44. The molecule has 0 aliphatic carbocycles. The molecular formula is C14H18N2S. The second-order valence-corrected chi connectivity index (χ2v) is 5.00. The average Bonchev–Trinajstić information content (AvgIpc) is 2.87. The molecule has 0 radical (unpaired) electrons. The summed E-state index contributed by atoms with van der Waals surface area (Å²) in [7, 11) is 1.96. The number of nitrogens with one attached hydrogen (secondary N) is 1. The summed E-state index contributed by atoms with van der Waals surface area (Å²) < 4.78 is 0. The molecule has 17 heavy (non-hydrogen) atoms. The first kappa shape index (κ1) is 12.3. The molecule has 1 heterocycles.